The number of nitrogens with zero attached hydrogens (tertiary/aromatic N) is 2. The predicted molar refractivity (Wildman–Crippen MR) is 86.3 cm³/mol. The molecule has 1 aliphatic heterocycles. The summed E-state index contributed by atoms with van der Waals surface area (Å²) in [7, 11) is 0. The summed E-state index contributed by atoms with van der Waals surface area (Å²) < 4.78 is 0. The second-order valence-corrected chi connectivity index (χ2v) is 5.63. The summed E-state index contributed by atoms with van der Waals surface area (Å²) in [5.74, 6) is 0. The van der Waals surface area contributed by atoms with Gasteiger partial charge in [-0.2, -0.15) is 5.10 Å². The average molecular weight is 278 g/mol. The zero-order chi connectivity index (χ0) is 14.2. The molecule has 4 nitrogen and oxygen atoms in total. The molecule has 0 radical (unpaired) electrons. The normalized spacial score (nSPS) is 18.5. The van der Waals surface area contributed by atoms with Gasteiger partial charge in [0.15, 0.2) is 0 Å². The van der Waals surface area contributed by atoms with Crippen molar-refractivity contribution in [2.24, 2.45) is 0 Å². The van der Waals surface area contributed by atoms with E-state index in [4.69, 9.17) is 5.73 Å². The van der Waals surface area contributed by atoms with Crippen molar-refractivity contribution < 1.29 is 0 Å². The molecular weight excluding hydrogens is 260 g/mol. The molecule has 0 bridgehead atoms. The van der Waals surface area contributed by atoms with E-state index in [9.17, 15) is 0 Å². The van der Waals surface area contributed by atoms with Crippen LogP contribution in [0.25, 0.3) is 10.9 Å². The van der Waals surface area contributed by atoms with Crippen LogP contribution in [-0.2, 0) is 0 Å². The first kappa shape index (κ1) is 12.3. The number of nitrogens with one attached hydrogen (secondary N) is 1. The summed E-state index contributed by atoms with van der Waals surface area (Å²) in [4.78, 5) is 2.42. The number of aromatic nitrogens is 2. The van der Waals surface area contributed by atoms with Gasteiger partial charge in [-0.3, -0.25) is 5.10 Å². The molecule has 1 aromatic heterocycles. The SMILES string of the molecule is Nc1cc2cn[nH]c2cc1N1CCCC1c1ccccc1. The van der Waals surface area contributed by atoms with Gasteiger partial charge >= 0.3 is 0 Å². The van der Waals surface area contributed by atoms with Crippen LogP contribution < -0.4 is 10.6 Å². The third-order valence-electron chi connectivity index (χ3n) is 4.33. The Kier molecular flexibility index (Phi) is 2.81. The van der Waals surface area contributed by atoms with E-state index in [-0.39, 0.29) is 0 Å². The Morgan fingerprint density at radius 3 is 2.90 bits per heavy atom. The third-order valence-corrected chi connectivity index (χ3v) is 4.33. The fourth-order valence-electron chi connectivity index (χ4n) is 3.32. The monoisotopic (exact) mass is 278 g/mol. The zero-order valence-electron chi connectivity index (χ0n) is 11.8. The van der Waals surface area contributed by atoms with Gasteiger partial charge in [0, 0.05) is 11.9 Å². The number of fused-ring (bicyclic) bond motifs is 1. The minimum Gasteiger partial charge on any atom is -0.397 e. The maximum Gasteiger partial charge on any atom is 0.0672 e. The van der Waals surface area contributed by atoms with E-state index in [1.165, 1.54) is 18.4 Å². The van der Waals surface area contributed by atoms with Crippen LogP contribution in [0.3, 0.4) is 0 Å². The molecule has 1 saturated heterocycles. The third kappa shape index (κ3) is 2.03. The average Bonchev–Trinajstić information content (AvgIpc) is 3.15. The minimum absolute atomic E-state index is 0.411. The van der Waals surface area contributed by atoms with Gasteiger partial charge in [0.05, 0.1) is 29.1 Å². The maximum atomic E-state index is 6.28. The smallest absolute Gasteiger partial charge is 0.0672 e. The first-order chi connectivity index (χ1) is 10.3. The molecule has 4 rings (SSSR count). The Hall–Kier alpha value is -2.49. The Morgan fingerprint density at radius 2 is 2.05 bits per heavy atom. The molecule has 0 spiro atoms. The van der Waals surface area contributed by atoms with E-state index < -0.39 is 0 Å². The van der Waals surface area contributed by atoms with Gasteiger partial charge in [0.1, 0.15) is 0 Å². The number of anilines is 2. The molecule has 1 fully saturated rings. The number of hydrogen-bond acceptors (Lipinski definition) is 3. The highest BCUT2D eigenvalue weighted by molar-refractivity contribution is 5.89. The van der Waals surface area contributed by atoms with Gasteiger partial charge in [-0.25, -0.2) is 0 Å². The summed E-state index contributed by atoms with van der Waals surface area (Å²) in [6.45, 7) is 1.05. The van der Waals surface area contributed by atoms with E-state index in [0.717, 1.165) is 28.8 Å². The number of hydrogen-bond donors (Lipinski definition) is 2. The van der Waals surface area contributed by atoms with E-state index in [2.05, 4.69) is 51.5 Å². The highest BCUT2D eigenvalue weighted by Crippen LogP contribution is 2.39. The van der Waals surface area contributed by atoms with Crippen LogP contribution in [0.15, 0.2) is 48.7 Å². The van der Waals surface area contributed by atoms with Crippen LogP contribution in [0.2, 0.25) is 0 Å². The Labute approximate surface area is 123 Å². The molecule has 1 unspecified atom stereocenters. The summed E-state index contributed by atoms with van der Waals surface area (Å²) in [6, 6.07) is 15.2. The first-order valence-corrected chi connectivity index (χ1v) is 7.37. The van der Waals surface area contributed by atoms with E-state index in [1.807, 2.05) is 12.3 Å². The van der Waals surface area contributed by atoms with Crippen LogP contribution in [-0.4, -0.2) is 16.7 Å². The molecular formula is C17H18N4. The molecule has 3 aromatic rings. The molecule has 21 heavy (non-hydrogen) atoms. The number of H-pyrrole nitrogens is 1. The van der Waals surface area contributed by atoms with Crippen molar-refractivity contribution in [3.63, 3.8) is 0 Å². The second kappa shape index (κ2) is 4.81. The highest BCUT2D eigenvalue weighted by Gasteiger charge is 2.27. The van der Waals surface area contributed by atoms with E-state index >= 15 is 0 Å². The van der Waals surface area contributed by atoms with Crippen LogP contribution >= 0.6 is 0 Å². The van der Waals surface area contributed by atoms with Crippen molar-refractivity contribution >= 4 is 22.3 Å². The number of benzene rings is 2. The zero-order valence-corrected chi connectivity index (χ0v) is 11.8. The number of nitrogens with two attached hydrogens (primary N) is 1. The summed E-state index contributed by atoms with van der Waals surface area (Å²) >= 11 is 0. The number of rotatable bonds is 2. The van der Waals surface area contributed by atoms with Crippen molar-refractivity contribution in [1.82, 2.24) is 10.2 Å². The number of aromatic amines is 1. The first-order valence-electron chi connectivity index (χ1n) is 7.37. The van der Waals surface area contributed by atoms with Crippen LogP contribution in [0.4, 0.5) is 11.4 Å². The van der Waals surface area contributed by atoms with E-state index in [0.29, 0.717) is 6.04 Å². The van der Waals surface area contributed by atoms with Crippen LogP contribution in [0.1, 0.15) is 24.4 Å². The van der Waals surface area contributed by atoms with Gasteiger partial charge < -0.3 is 10.6 Å². The fraction of sp³-hybridized carbons (Fsp3) is 0.235. The summed E-state index contributed by atoms with van der Waals surface area (Å²) in [5, 5.41) is 8.18. The van der Waals surface area contributed by atoms with Gasteiger partial charge in [0.25, 0.3) is 0 Å². The van der Waals surface area contributed by atoms with Gasteiger partial charge in [-0.1, -0.05) is 30.3 Å². The van der Waals surface area contributed by atoms with Crippen molar-refractivity contribution in [3.05, 3.63) is 54.2 Å². The standard InChI is InChI=1S/C17H18N4/c18-14-9-13-11-19-20-15(13)10-17(14)21-8-4-7-16(21)12-5-2-1-3-6-12/h1-3,5-6,9-11,16H,4,7-8,18H2,(H,19,20). The largest absolute Gasteiger partial charge is 0.397 e. The minimum atomic E-state index is 0.411. The van der Waals surface area contributed by atoms with Crippen molar-refractivity contribution in [3.8, 4) is 0 Å². The molecule has 4 heteroatoms. The molecule has 106 valence electrons. The van der Waals surface area contributed by atoms with E-state index in [1.54, 1.807) is 0 Å². The quantitative estimate of drug-likeness (QED) is 0.705. The molecule has 2 heterocycles. The molecule has 3 N–H and O–H groups in total. The van der Waals surface area contributed by atoms with Crippen LogP contribution in [0.5, 0.6) is 0 Å². The highest BCUT2D eigenvalue weighted by atomic mass is 15.2. The van der Waals surface area contributed by atoms with Crippen molar-refractivity contribution in [2.45, 2.75) is 18.9 Å². The molecule has 0 amide bonds. The molecule has 0 saturated carbocycles. The van der Waals surface area contributed by atoms with Crippen LogP contribution in [0, 0.1) is 0 Å². The Bertz CT molecular complexity index is 763. The van der Waals surface area contributed by atoms with Crippen molar-refractivity contribution in [2.75, 3.05) is 17.2 Å². The van der Waals surface area contributed by atoms with Gasteiger partial charge in [-0.05, 0) is 30.5 Å². The topological polar surface area (TPSA) is 57.9 Å². The fourth-order valence-corrected chi connectivity index (χ4v) is 3.32. The maximum absolute atomic E-state index is 6.28. The Morgan fingerprint density at radius 1 is 1.19 bits per heavy atom. The van der Waals surface area contributed by atoms with Gasteiger partial charge in [0.2, 0.25) is 0 Å². The van der Waals surface area contributed by atoms with Gasteiger partial charge in [-0.15, -0.1) is 0 Å². The molecule has 2 aromatic carbocycles. The predicted octanol–water partition coefficient (Wildman–Crippen LogP) is 3.49. The lowest BCUT2D eigenvalue weighted by atomic mass is 10.0. The summed E-state index contributed by atoms with van der Waals surface area (Å²) in [6.07, 6.45) is 4.18. The lowest BCUT2D eigenvalue weighted by Crippen LogP contribution is -2.23. The lowest BCUT2D eigenvalue weighted by molar-refractivity contribution is 0.720. The molecule has 1 atom stereocenters. The molecule has 0 aliphatic carbocycles. The number of nitrogen functional groups attached to an aromatic ring is 1. The second-order valence-electron chi connectivity index (χ2n) is 5.63. The molecule has 1 aliphatic rings. The lowest BCUT2D eigenvalue weighted by Gasteiger charge is -2.28. The van der Waals surface area contributed by atoms with Crippen molar-refractivity contribution in [1.29, 1.82) is 0 Å². The summed E-state index contributed by atoms with van der Waals surface area (Å²) in [5.41, 5.74) is 10.6. The Balaban J connectivity index is 1.78.